The van der Waals surface area contributed by atoms with Crippen molar-refractivity contribution in [3.63, 3.8) is 0 Å². The lowest BCUT2D eigenvalue weighted by Gasteiger charge is -2.03. The average molecular weight is 484 g/mol. The maximum Gasteiger partial charge on any atom is 0.291 e. The third-order valence-corrected chi connectivity index (χ3v) is 6.51. The predicted molar refractivity (Wildman–Crippen MR) is 126 cm³/mol. The molecule has 0 N–H and O–H groups in total. The van der Waals surface area contributed by atoms with E-state index in [9.17, 15) is 4.79 Å². The second-order valence-electron chi connectivity index (χ2n) is 7.04. The maximum atomic E-state index is 12.8. The van der Waals surface area contributed by atoms with Crippen LogP contribution in [0, 0.1) is 6.92 Å². The number of hydrogen-bond donors (Lipinski definition) is 0. The Kier molecular flexibility index (Phi) is 5.46. The Hall–Kier alpha value is -3.13. The number of aromatic nitrogens is 3. The molecule has 5 rings (SSSR count). The molecule has 32 heavy (non-hydrogen) atoms. The second kappa shape index (κ2) is 8.43. The van der Waals surface area contributed by atoms with E-state index >= 15 is 0 Å². The van der Waals surface area contributed by atoms with Crippen LogP contribution >= 0.6 is 34.5 Å². The molecular formula is C23H15Cl2N3O3S. The molecule has 0 fully saturated rings. The molecule has 5 aromatic rings. The van der Waals surface area contributed by atoms with Crippen molar-refractivity contribution in [2.24, 2.45) is 0 Å². The molecule has 0 aliphatic rings. The minimum absolute atomic E-state index is 0.178. The van der Waals surface area contributed by atoms with Crippen LogP contribution in [-0.4, -0.2) is 14.6 Å². The van der Waals surface area contributed by atoms with E-state index in [-0.39, 0.29) is 12.2 Å². The Morgan fingerprint density at radius 3 is 2.72 bits per heavy atom. The Morgan fingerprint density at radius 2 is 1.94 bits per heavy atom. The van der Waals surface area contributed by atoms with Crippen molar-refractivity contribution in [2.75, 3.05) is 0 Å². The van der Waals surface area contributed by atoms with Crippen LogP contribution in [0.25, 0.3) is 22.4 Å². The molecule has 0 radical (unpaired) electrons. The summed E-state index contributed by atoms with van der Waals surface area (Å²) in [6.07, 6.45) is 1.66. The molecule has 0 amide bonds. The molecule has 0 bridgehead atoms. The van der Waals surface area contributed by atoms with Crippen LogP contribution < -0.4 is 14.8 Å². The Labute approximate surface area is 196 Å². The number of nitrogens with zero attached hydrogens (tertiary/aromatic N) is 3. The van der Waals surface area contributed by atoms with Crippen LogP contribution in [0.5, 0.6) is 5.75 Å². The summed E-state index contributed by atoms with van der Waals surface area (Å²) in [5.41, 5.74) is 1.57. The molecule has 0 unspecified atom stereocenters. The Bertz CT molecular complexity index is 1540. The number of halogens is 2. The van der Waals surface area contributed by atoms with Gasteiger partial charge < -0.3 is 9.15 Å². The lowest BCUT2D eigenvalue weighted by Crippen LogP contribution is -2.23. The largest absolute Gasteiger partial charge is 0.486 e. The molecule has 0 aliphatic heterocycles. The van der Waals surface area contributed by atoms with E-state index < -0.39 is 0 Å². The number of aryl methyl sites for hydroxylation is 1. The van der Waals surface area contributed by atoms with Crippen molar-refractivity contribution in [1.82, 2.24) is 14.6 Å². The monoisotopic (exact) mass is 483 g/mol. The van der Waals surface area contributed by atoms with Crippen molar-refractivity contribution < 1.29 is 9.15 Å². The molecule has 0 atom stereocenters. The molecule has 0 spiro atoms. The van der Waals surface area contributed by atoms with Crippen molar-refractivity contribution >= 4 is 45.6 Å². The van der Waals surface area contributed by atoms with Gasteiger partial charge in [-0.1, -0.05) is 58.3 Å². The van der Waals surface area contributed by atoms with Crippen molar-refractivity contribution in [3.05, 3.63) is 96.7 Å². The fourth-order valence-electron chi connectivity index (χ4n) is 3.12. The number of furan rings is 1. The third kappa shape index (κ3) is 4.02. The molecular weight excluding hydrogens is 469 g/mol. The summed E-state index contributed by atoms with van der Waals surface area (Å²) in [7, 11) is 0. The van der Waals surface area contributed by atoms with E-state index in [1.807, 2.05) is 37.3 Å². The van der Waals surface area contributed by atoms with Crippen LogP contribution in [0.3, 0.4) is 0 Å². The van der Waals surface area contributed by atoms with Gasteiger partial charge in [0.25, 0.3) is 5.56 Å². The van der Waals surface area contributed by atoms with Gasteiger partial charge in [0.05, 0.1) is 10.0 Å². The van der Waals surface area contributed by atoms with Gasteiger partial charge in [0.15, 0.2) is 5.82 Å². The Balaban J connectivity index is 1.39. The number of fused-ring (bicyclic) bond motifs is 1. The van der Waals surface area contributed by atoms with E-state index in [2.05, 4.69) is 10.1 Å². The van der Waals surface area contributed by atoms with Gasteiger partial charge in [-0.3, -0.25) is 4.79 Å². The van der Waals surface area contributed by atoms with Gasteiger partial charge in [-0.05, 0) is 43.3 Å². The molecule has 3 aromatic heterocycles. The van der Waals surface area contributed by atoms with E-state index in [1.54, 1.807) is 30.3 Å². The van der Waals surface area contributed by atoms with Crippen molar-refractivity contribution in [3.8, 4) is 17.1 Å². The van der Waals surface area contributed by atoms with E-state index in [1.165, 1.54) is 15.9 Å². The highest BCUT2D eigenvalue weighted by Crippen LogP contribution is 2.34. The SMILES string of the molecule is Cc1ccc(OCc2nc3s/c(=C\c4ccc(-c5cccc(Cl)c5Cl)o4)c(=O)n3n2)cc1. The number of benzene rings is 2. The molecule has 0 saturated heterocycles. The molecule has 0 saturated carbocycles. The summed E-state index contributed by atoms with van der Waals surface area (Å²) in [5.74, 6) is 2.24. The molecule has 9 heteroatoms. The average Bonchev–Trinajstić information content (AvgIpc) is 3.47. The normalized spacial score (nSPS) is 12.0. The van der Waals surface area contributed by atoms with E-state index in [0.29, 0.717) is 42.4 Å². The summed E-state index contributed by atoms with van der Waals surface area (Å²) < 4.78 is 13.3. The number of rotatable bonds is 5. The van der Waals surface area contributed by atoms with Gasteiger partial charge in [0.1, 0.15) is 28.4 Å². The number of thiazole rings is 1. The van der Waals surface area contributed by atoms with E-state index in [0.717, 1.165) is 11.3 Å². The second-order valence-corrected chi connectivity index (χ2v) is 8.84. The highest BCUT2D eigenvalue weighted by Gasteiger charge is 2.13. The zero-order chi connectivity index (χ0) is 22.2. The minimum Gasteiger partial charge on any atom is -0.486 e. The van der Waals surface area contributed by atoms with Gasteiger partial charge in [0, 0.05) is 11.6 Å². The zero-order valence-corrected chi connectivity index (χ0v) is 19.0. The summed E-state index contributed by atoms with van der Waals surface area (Å²) in [6, 6.07) is 16.6. The quantitative estimate of drug-likeness (QED) is 0.345. The topological polar surface area (TPSA) is 69.6 Å². The zero-order valence-electron chi connectivity index (χ0n) is 16.7. The molecule has 2 aromatic carbocycles. The summed E-state index contributed by atoms with van der Waals surface area (Å²) in [4.78, 5) is 17.7. The fourth-order valence-corrected chi connectivity index (χ4v) is 4.42. The van der Waals surface area contributed by atoms with Gasteiger partial charge in [0.2, 0.25) is 4.96 Å². The highest BCUT2D eigenvalue weighted by atomic mass is 35.5. The predicted octanol–water partition coefficient (Wildman–Crippen LogP) is 5.15. The van der Waals surface area contributed by atoms with Crippen molar-refractivity contribution in [2.45, 2.75) is 13.5 Å². The lowest BCUT2D eigenvalue weighted by atomic mass is 10.2. The van der Waals surface area contributed by atoms with Crippen LogP contribution in [0.15, 0.2) is 63.8 Å². The first kappa shape index (κ1) is 20.8. The van der Waals surface area contributed by atoms with Crippen molar-refractivity contribution in [1.29, 1.82) is 0 Å². The van der Waals surface area contributed by atoms with Gasteiger partial charge >= 0.3 is 0 Å². The lowest BCUT2D eigenvalue weighted by molar-refractivity contribution is 0.296. The van der Waals surface area contributed by atoms with Crippen LogP contribution in [0.1, 0.15) is 17.1 Å². The Morgan fingerprint density at radius 1 is 1.12 bits per heavy atom. The standard InChI is InChI=1S/C23H15Cl2N3O3S/c1-13-5-7-14(8-6-13)30-12-20-26-23-28(27-20)22(29)19(32-23)11-15-9-10-18(31-15)16-3-2-4-17(24)21(16)25/h2-11H,12H2,1H3/b19-11-. The van der Waals surface area contributed by atoms with Gasteiger partial charge in [-0.25, -0.2) is 0 Å². The smallest absolute Gasteiger partial charge is 0.291 e. The summed E-state index contributed by atoms with van der Waals surface area (Å²) in [5, 5.41) is 5.14. The molecule has 6 nitrogen and oxygen atoms in total. The first-order chi connectivity index (χ1) is 15.5. The molecule has 160 valence electrons. The number of ether oxygens (including phenoxy) is 1. The van der Waals surface area contributed by atoms with Gasteiger partial charge in [-0.15, -0.1) is 5.10 Å². The summed E-state index contributed by atoms with van der Waals surface area (Å²) >= 11 is 13.6. The fraction of sp³-hybridized carbons (Fsp3) is 0.0870. The first-order valence-electron chi connectivity index (χ1n) is 9.62. The molecule has 0 aliphatic carbocycles. The van der Waals surface area contributed by atoms with Crippen LogP contribution in [0.4, 0.5) is 0 Å². The van der Waals surface area contributed by atoms with E-state index in [4.69, 9.17) is 32.4 Å². The first-order valence-corrected chi connectivity index (χ1v) is 11.2. The van der Waals surface area contributed by atoms with Crippen LogP contribution in [0.2, 0.25) is 10.0 Å². The minimum atomic E-state index is -0.266. The van der Waals surface area contributed by atoms with Crippen LogP contribution in [-0.2, 0) is 6.61 Å². The third-order valence-electron chi connectivity index (χ3n) is 4.73. The number of hydrogen-bond acceptors (Lipinski definition) is 6. The molecule has 3 heterocycles. The highest BCUT2D eigenvalue weighted by molar-refractivity contribution is 7.15. The summed E-state index contributed by atoms with van der Waals surface area (Å²) in [6.45, 7) is 2.19. The van der Waals surface area contributed by atoms with Gasteiger partial charge in [-0.2, -0.15) is 9.50 Å². The maximum absolute atomic E-state index is 12.8.